The lowest BCUT2D eigenvalue weighted by Crippen LogP contribution is -2.40. The standard InChI is InChI=1S/C20H24N2O2/c1-4-22-17-8-6-5-7-15(17)16-11-14(9-10-18(16)22)12-21-19(13(2)3)20(23)24/h5-11,13,19,21H,4,12H2,1-3H3,(H,23,24)/t19-/m1/s1. The molecule has 0 aliphatic rings. The lowest BCUT2D eigenvalue weighted by molar-refractivity contribution is -0.140. The van der Waals surface area contributed by atoms with Gasteiger partial charge in [0.15, 0.2) is 0 Å². The zero-order valence-electron chi connectivity index (χ0n) is 14.4. The number of para-hydroxylation sites is 1. The van der Waals surface area contributed by atoms with Gasteiger partial charge >= 0.3 is 5.97 Å². The van der Waals surface area contributed by atoms with Gasteiger partial charge in [0, 0.05) is 34.9 Å². The lowest BCUT2D eigenvalue weighted by atomic mass is 10.0. The Balaban J connectivity index is 1.97. The van der Waals surface area contributed by atoms with Crippen LogP contribution in [0.5, 0.6) is 0 Å². The average Bonchev–Trinajstić information content (AvgIpc) is 2.87. The Morgan fingerprint density at radius 1 is 1.12 bits per heavy atom. The topological polar surface area (TPSA) is 54.3 Å². The SMILES string of the molecule is CCn1c2ccccc2c2cc(CN[C@@H](C(=O)O)C(C)C)ccc21. The Kier molecular flexibility index (Phi) is 4.58. The molecule has 4 heteroatoms. The number of benzene rings is 2. The zero-order valence-corrected chi connectivity index (χ0v) is 14.4. The number of aryl methyl sites for hydroxylation is 1. The summed E-state index contributed by atoms with van der Waals surface area (Å²) < 4.78 is 2.32. The first-order chi connectivity index (χ1) is 11.5. The van der Waals surface area contributed by atoms with Gasteiger partial charge in [-0.15, -0.1) is 0 Å². The molecule has 0 amide bonds. The third-order valence-electron chi connectivity index (χ3n) is 4.61. The van der Waals surface area contributed by atoms with Crippen LogP contribution < -0.4 is 5.32 Å². The second-order valence-corrected chi connectivity index (χ2v) is 6.55. The Morgan fingerprint density at radius 2 is 1.83 bits per heavy atom. The molecule has 1 aromatic heterocycles. The third-order valence-corrected chi connectivity index (χ3v) is 4.61. The second kappa shape index (κ2) is 6.65. The van der Waals surface area contributed by atoms with E-state index in [1.165, 1.54) is 21.8 Å². The predicted octanol–water partition coefficient (Wildman–Crippen LogP) is 4.01. The van der Waals surface area contributed by atoms with Crippen molar-refractivity contribution in [1.29, 1.82) is 0 Å². The van der Waals surface area contributed by atoms with E-state index in [2.05, 4.69) is 59.3 Å². The fraction of sp³-hybridized carbons (Fsp3) is 0.350. The Labute approximate surface area is 142 Å². The van der Waals surface area contributed by atoms with Crippen LogP contribution in [0.15, 0.2) is 42.5 Å². The number of nitrogens with one attached hydrogen (secondary N) is 1. The summed E-state index contributed by atoms with van der Waals surface area (Å²) in [5.74, 6) is -0.748. The summed E-state index contributed by atoms with van der Waals surface area (Å²) in [6.07, 6.45) is 0. The summed E-state index contributed by atoms with van der Waals surface area (Å²) in [5, 5.41) is 14.9. The number of aliphatic carboxylic acids is 1. The molecule has 0 saturated carbocycles. The smallest absolute Gasteiger partial charge is 0.320 e. The molecule has 0 radical (unpaired) electrons. The van der Waals surface area contributed by atoms with Crippen molar-refractivity contribution in [3.8, 4) is 0 Å². The molecular formula is C20H24N2O2. The summed E-state index contributed by atoms with van der Waals surface area (Å²) in [7, 11) is 0. The molecule has 0 unspecified atom stereocenters. The number of rotatable bonds is 6. The highest BCUT2D eigenvalue weighted by Crippen LogP contribution is 2.29. The van der Waals surface area contributed by atoms with Crippen LogP contribution in [-0.2, 0) is 17.9 Å². The van der Waals surface area contributed by atoms with E-state index in [9.17, 15) is 9.90 Å². The monoisotopic (exact) mass is 324 g/mol. The first-order valence-electron chi connectivity index (χ1n) is 8.49. The molecule has 126 valence electrons. The van der Waals surface area contributed by atoms with Crippen LogP contribution in [0.1, 0.15) is 26.3 Å². The fourth-order valence-electron chi connectivity index (χ4n) is 3.39. The number of nitrogens with zero attached hydrogens (tertiary/aromatic N) is 1. The minimum atomic E-state index is -0.798. The van der Waals surface area contributed by atoms with Crippen molar-refractivity contribution < 1.29 is 9.90 Å². The molecule has 0 fully saturated rings. The molecule has 0 bridgehead atoms. The van der Waals surface area contributed by atoms with Crippen molar-refractivity contribution >= 4 is 27.8 Å². The van der Waals surface area contributed by atoms with Crippen molar-refractivity contribution in [3.63, 3.8) is 0 Å². The van der Waals surface area contributed by atoms with Crippen molar-refractivity contribution in [2.45, 2.75) is 39.9 Å². The van der Waals surface area contributed by atoms with Gasteiger partial charge in [0.1, 0.15) is 6.04 Å². The number of aromatic nitrogens is 1. The highest BCUT2D eigenvalue weighted by molar-refractivity contribution is 6.08. The molecule has 3 rings (SSSR count). The van der Waals surface area contributed by atoms with Gasteiger partial charge in [0.25, 0.3) is 0 Å². The molecule has 0 saturated heterocycles. The minimum absolute atomic E-state index is 0.0493. The molecular weight excluding hydrogens is 300 g/mol. The fourth-order valence-corrected chi connectivity index (χ4v) is 3.39. The molecule has 0 aliphatic heterocycles. The van der Waals surface area contributed by atoms with E-state index in [4.69, 9.17) is 0 Å². The van der Waals surface area contributed by atoms with E-state index < -0.39 is 12.0 Å². The maximum absolute atomic E-state index is 11.3. The van der Waals surface area contributed by atoms with Gasteiger partial charge in [-0.2, -0.15) is 0 Å². The number of fused-ring (bicyclic) bond motifs is 3. The Morgan fingerprint density at radius 3 is 2.50 bits per heavy atom. The molecule has 3 aromatic rings. The average molecular weight is 324 g/mol. The predicted molar refractivity (Wildman–Crippen MR) is 98.2 cm³/mol. The van der Waals surface area contributed by atoms with Crippen molar-refractivity contribution in [2.24, 2.45) is 5.92 Å². The van der Waals surface area contributed by atoms with E-state index in [0.717, 1.165) is 12.1 Å². The molecule has 1 atom stereocenters. The first kappa shape index (κ1) is 16.5. The van der Waals surface area contributed by atoms with Gasteiger partial charge < -0.3 is 15.0 Å². The number of carboxylic acids is 1. The van der Waals surface area contributed by atoms with Crippen LogP contribution in [0.4, 0.5) is 0 Å². The zero-order chi connectivity index (χ0) is 17.3. The van der Waals surface area contributed by atoms with Gasteiger partial charge in [-0.1, -0.05) is 38.1 Å². The van der Waals surface area contributed by atoms with Gasteiger partial charge in [-0.3, -0.25) is 4.79 Å². The van der Waals surface area contributed by atoms with E-state index in [1.807, 2.05) is 13.8 Å². The number of carbonyl (C=O) groups is 1. The van der Waals surface area contributed by atoms with Crippen LogP contribution in [0.25, 0.3) is 21.8 Å². The normalized spacial score (nSPS) is 13.0. The van der Waals surface area contributed by atoms with Gasteiger partial charge in [0.05, 0.1) is 0 Å². The van der Waals surface area contributed by atoms with Crippen molar-refractivity contribution in [3.05, 3.63) is 48.0 Å². The van der Waals surface area contributed by atoms with Gasteiger partial charge in [-0.25, -0.2) is 0 Å². The maximum atomic E-state index is 11.3. The Bertz CT molecular complexity index is 880. The van der Waals surface area contributed by atoms with Crippen LogP contribution in [0.2, 0.25) is 0 Å². The number of carboxylic acid groups (broad SMARTS) is 1. The summed E-state index contributed by atoms with van der Waals surface area (Å²) in [6, 6.07) is 14.3. The second-order valence-electron chi connectivity index (χ2n) is 6.55. The number of hydrogen-bond acceptors (Lipinski definition) is 2. The highest BCUT2D eigenvalue weighted by atomic mass is 16.4. The molecule has 2 N–H and O–H groups in total. The third kappa shape index (κ3) is 2.89. The van der Waals surface area contributed by atoms with Crippen LogP contribution in [-0.4, -0.2) is 21.7 Å². The lowest BCUT2D eigenvalue weighted by Gasteiger charge is -2.18. The molecule has 0 spiro atoms. The molecule has 2 aromatic carbocycles. The van der Waals surface area contributed by atoms with E-state index in [-0.39, 0.29) is 5.92 Å². The van der Waals surface area contributed by atoms with E-state index in [1.54, 1.807) is 0 Å². The van der Waals surface area contributed by atoms with Crippen LogP contribution in [0.3, 0.4) is 0 Å². The molecule has 0 aliphatic carbocycles. The summed E-state index contributed by atoms with van der Waals surface area (Å²) in [5.41, 5.74) is 3.57. The summed E-state index contributed by atoms with van der Waals surface area (Å²) in [6.45, 7) is 7.47. The largest absolute Gasteiger partial charge is 0.480 e. The van der Waals surface area contributed by atoms with E-state index in [0.29, 0.717) is 6.54 Å². The van der Waals surface area contributed by atoms with E-state index >= 15 is 0 Å². The van der Waals surface area contributed by atoms with Crippen molar-refractivity contribution in [2.75, 3.05) is 0 Å². The summed E-state index contributed by atoms with van der Waals surface area (Å²) >= 11 is 0. The number of hydrogen-bond donors (Lipinski definition) is 2. The Hall–Kier alpha value is -2.33. The molecule has 1 heterocycles. The first-order valence-corrected chi connectivity index (χ1v) is 8.49. The summed E-state index contributed by atoms with van der Waals surface area (Å²) in [4.78, 5) is 11.3. The highest BCUT2D eigenvalue weighted by Gasteiger charge is 2.20. The molecule has 4 nitrogen and oxygen atoms in total. The van der Waals surface area contributed by atoms with Crippen molar-refractivity contribution in [1.82, 2.24) is 9.88 Å². The maximum Gasteiger partial charge on any atom is 0.320 e. The van der Waals surface area contributed by atoms with Crippen LogP contribution in [0, 0.1) is 5.92 Å². The van der Waals surface area contributed by atoms with Gasteiger partial charge in [0.2, 0.25) is 0 Å². The van der Waals surface area contributed by atoms with Gasteiger partial charge in [-0.05, 0) is 36.6 Å². The molecule has 24 heavy (non-hydrogen) atoms. The quantitative estimate of drug-likeness (QED) is 0.720. The van der Waals surface area contributed by atoms with Crippen LogP contribution >= 0.6 is 0 Å². The minimum Gasteiger partial charge on any atom is -0.480 e.